The van der Waals surface area contributed by atoms with E-state index in [-0.39, 0.29) is 0 Å². The highest BCUT2D eigenvalue weighted by Gasteiger charge is 2.15. The molecule has 0 aliphatic heterocycles. The lowest BCUT2D eigenvalue weighted by atomic mass is 10.2. The van der Waals surface area contributed by atoms with Gasteiger partial charge in [0.25, 0.3) is 0 Å². The lowest BCUT2D eigenvalue weighted by Crippen LogP contribution is -2.04. The summed E-state index contributed by atoms with van der Waals surface area (Å²) in [5, 5.41) is 0. The van der Waals surface area contributed by atoms with Gasteiger partial charge in [0, 0.05) is 23.3 Å². The zero-order valence-corrected chi connectivity index (χ0v) is 14.4. The van der Waals surface area contributed by atoms with Gasteiger partial charge in [0.15, 0.2) is 5.82 Å². The van der Waals surface area contributed by atoms with Crippen molar-refractivity contribution >= 4 is 27.5 Å². The van der Waals surface area contributed by atoms with E-state index in [1.165, 1.54) is 11.5 Å². The van der Waals surface area contributed by atoms with Crippen LogP contribution in [0.15, 0.2) is 30.5 Å². The summed E-state index contributed by atoms with van der Waals surface area (Å²) in [6.07, 6.45) is 1.75. The predicted molar refractivity (Wildman–Crippen MR) is 93.0 cm³/mol. The highest BCUT2D eigenvalue weighted by molar-refractivity contribution is 7.11. The Bertz CT molecular complexity index is 1040. The fourth-order valence-corrected chi connectivity index (χ4v) is 3.58. The number of fused-ring (bicyclic) bond motifs is 3. The van der Waals surface area contributed by atoms with Crippen LogP contribution in [0.1, 0.15) is 17.0 Å². The van der Waals surface area contributed by atoms with Crippen molar-refractivity contribution < 1.29 is 9.47 Å². The van der Waals surface area contributed by atoms with Crippen LogP contribution in [0.2, 0.25) is 0 Å². The van der Waals surface area contributed by atoms with Crippen molar-refractivity contribution in [1.82, 2.24) is 18.7 Å². The molecule has 4 rings (SSSR count). The van der Waals surface area contributed by atoms with Crippen LogP contribution in [0, 0.1) is 13.8 Å². The molecule has 0 radical (unpaired) electrons. The first-order valence-electron chi connectivity index (χ1n) is 7.53. The SMILES string of the molecule is COc1c(C)cnc(OCc2nsc3nc4ccccc4n23)c1C. The molecule has 24 heavy (non-hydrogen) atoms. The van der Waals surface area contributed by atoms with Crippen LogP contribution in [-0.4, -0.2) is 25.9 Å². The summed E-state index contributed by atoms with van der Waals surface area (Å²) in [4.78, 5) is 9.80. The maximum Gasteiger partial charge on any atom is 0.220 e. The van der Waals surface area contributed by atoms with Crippen molar-refractivity contribution in [3.8, 4) is 11.6 Å². The molecule has 7 heteroatoms. The van der Waals surface area contributed by atoms with E-state index in [4.69, 9.17) is 9.47 Å². The summed E-state index contributed by atoms with van der Waals surface area (Å²) in [6, 6.07) is 8.01. The van der Waals surface area contributed by atoms with Crippen LogP contribution in [-0.2, 0) is 6.61 Å². The molecule has 0 saturated heterocycles. The van der Waals surface area contributed by atoms with E-state index < -0.39 is 0 Å². The molecule has 3 aromatic heterocycles. The zero-order chi connectivity index (χ0) is 16.7. The molecule has 0 bridgehead atoms. The summed E-state index contributed by atoms with van der Waals surface area (Å²) in [7, 11) is 1.65. The average Bonchev–Trinajstić information content (AvgIpc) is 3.14. The number of methoxy groups -OCH3 is 1. The summed E-state index contributed by atoms with van der Waals surface area (Å²) in [6.45, 7) is 4.22. The number of ether oxygens (including phenoxy) is 2. The van der Waals surface area contributed by atoms with Crippen molar-refractivity contribution in [3.05, 3.63) is 47.4 Å². The second-order valence-electron chi connectivity index (χ2n) is 5.51. The van der Waals surface area contributed by atoms with Gasteiger partial charge in [-0.15, -0.1) is 0 Å². The van der Waals surface area contributed by atoms with Crippen molar-refractivity contribution in [2.75, 3.05) is 7.11 Å². The molecule has 122 valence electrons. The van der Waals surface area contributed by atoms with Crippen molar-refractivity contribution in [1.29, 1.82) is 0 Å². The number of imidazole rings is 1. The second kappa shape index (κ2) is 5.76. The van der Waals surface area contributed by atoms with E-state index in [1.807, 2.05) is 42.5 Å². The van der Waals surface area contributed by atoms with Crippen LogP contribution < -0.4 is 9.47 Å². The maximum absolute atomic E-state index is 5.91. The topological polar surface area (TPSA) is 61.5 Å². The van der Waals surface area contributed by atoms with Gasteiger partial charge in [-0.2, -0.15) is 4.37 Å². The van der Waals surface area contributed by atoms with E-state index in [1.54, 1.807) is 13.3 Å². The maximum atomic E-state index is 5.91. The largest absolute Gasteiger partial charge is 0.496 e. The molecule has 6 nitrogen and oxygen atoms in total. The molecule has 0 unspecified atom stereocenters. The van der Waals surface area contributed by atoms with Crippen LogP contribution in [0.3, 0.4) is 0 Å². The van der Waals surface area contributed by atoms with Crippen LogP contribution >= 0.6 is 11.5 Å². The van der Waals surface area contributed by atoms with Crippen LogP contribution in [0.5, 0.6) is 11.6 Å². The van der Waals surface area contributed by atoms with Crippen molar-refractivity contribution in [2.45, 2.75) is 20.5 Å². The molecule has 0 amide bonds. The molecule has 0 N–H and O–H groups in total. The number of pyridine rings is 1. The Morgan fingerprint density at radius 1 is 1.21 bits per heavy atom. The Labute approximate surface area is 142 Å². The van der Waals surface area contributed by atoms with Gasteiger partial charge in [-0.05, 0) is 26.0 Å². The number of aromatic nitrogens is 4. The molecule has 1 aromatic carbocycles. The normalized spacial score (nSPS) is 11.3. The van der Waals surface area contributed by atoms with Gasteiger partial charge in [0.2, 0.25) is 10.8 Å². The first kappa shape index (κ1) is 14.9. The molecule has 4 aromatic rings. The first-order chi connectivity index (χ1) is 11.7. The first-order valence-corrected chi connectivity index (χ1v) is 8.31. The van der Waals surface area contributed by atoms with Gasteiger partial charge >= 0.3 is 0 Å². The van der Waals surface area contributed by atoms with E-state index in [2.05, 4.69) is 14.3 Å². The Morgan fingerprint density at radius 2 is 2.04 bits per heavy atom. The number of benzene rings is 1. The van der Waals surface area contributed by atoms with E-state index in [0.29, 0.717) is 12.5 Å². The Morgan fingerprint density at radius 3 is 2.88 bits per heavy atom. The number of nitrogens with zero attached hydrogens (tertiary/aromatic N) is 4. The van der Waals surface area contributed by atoms with Gasteiger partial charge in [0.1, 0.15) is 12.4 Å². The zero-order valence-electron chi connectivity index (χ0n) is 13.6. The molecule has 3 heterocycles. The summed E-state index contributed by atoms with van der Waals surface area (Å²) in [5.41, 5.74) is 3.86. The fraction of sp³-hybridized carbons (Fsp3) is 0.235. The van der Waals surface area contributed by atoms with Crippen molar-refractivity contribution in [3.63, 3.8) is 0 Å². The molecule has 0 atom stereocenters. The second-order valence-corrected chi connectivity index (χ2v) is 6.24. The van der Waals surface area contributed by atoms with E-state index >= 15 is 0 Å². The Hall–Kier alpha value is -2.67. The van der Waals surface area contributed by atoms with Gasteiger partial charge < -0.3 is 9.47 Å². The molecule has 0 spiro atoms. The lowest BCUT2D eigenvalue weighted by molar-refractivity contribution is 0.279. The third-order valence-electron chi connectivity index (χ3n) is 3.96. The number of hydrogen-bond acceptors (Lipinski definition) is 6. The minimum atomic E-state index is 0.320. The van der Waals surface area contributed by atoms with Gasteiger partial charge in [-0.25, -0.2) is 9.97 Å². The quantitative estimate of drug-likeness (QED) is 0.568. The molecular formula is C17H16N4O2S. The van der Waals surface area contributed by atoms with Crippen LogP contribution in [0.4, 0.5) is 0 Å². The third-order valence-corrected chi connectivity index (χ3v) is 4.70. The predicted octanol–water partition coefficient (Wildman–Crippen LogP) is 3.54. The average molecular weight is 340 g/mol. The summed E-state index contributed by atoms with van der Waals surface area (Å²) < 4.78 is 17.8. The summed E-state index contributed by atoms with van der Waals surface area (Å²) in [5.74, 6) is 2.17. The van der Waals surface area contributed by atoms with Crippen molar-refractivity contribution in [2.24, 2.45) is 0 Å². The Balaban J connectivity index is 1.68. The van der Waals surface area contributed by atoms with E-state index in [9.17, 15) is 0 Å². The van der Waals surface area contributed by atoms with Gasteiger partial charge in [0.05, 0.1) is 23.7 Å². The monoisotopic (exact) mass is 340 g/mol. The minimum Gasteiger partial charge on any atom is -0.496 e. The minimum absolute atomic E-state index is 0.320. The molecule has 0 fully saturated rings. The number of para-hydroxylation sites is 2. The number of hydrogen-bond donors (Lipinski definition) is 0. The fourth-order valence-electron chi connectivity index (χ4n) is 2.84. The molecule has 0 saturated carbocycles. The number of rotatable bonds is 4. The molecular weight excluding hydrogens is 324 g/mol. The van der Waals surface area contributed by atoms with Crippen LogP contribution in [0.25, 0.3) is 16.0 Å². The van der Waals surface area contributed by atoms with E-state index in [0.717, 1.165) is 38.7 Å². The molecule has 0 aliphatic carbocycles. The highest BCUT2D eigenvalue weighted by Crippen LogP contribution is 2.29. The standard InChI is InChI=1S/C17H16N4O2S/c1-10-8-18-16(11(2)15(10)22-3)23-9-14-20-24-17-19-12-6-4-5-7-13(12)21(14)17/h4-8H,9H2,1-3H3. The Kier molecular flexibility index (Phi) is 3.57. The summed E-state index contributed by atoms with van der Waals surface area (Å²) >= 11 is 1.37. The van der Waals surface area contributed by atoms with Gasteiger partial charge in [-0.3, -0.25) is 4.40 Å². The third kappa shape index (κ3) is 2.28. The highest BCUT2D eigenvalue weighted by atomic mass is 32.1. The molecule has 0 aliphatic rings. The lowest BCUT2D eigenvalue weighted by Gasteiger charge is -2.12. The number of aryl methyl sites for hydroxylation is 1. The smallest absolute Gasteiger partial charge is 0.220 e. The van der Waals surface area contributed by atoms with Gasteiger partial charge in [-0.1, -0.05) is 12.1 Å².